The lowest BCUT2D eigenvalue weighted by molar-refractivity contribution is 0.348. The van der Waals surface area contributed by atoms with E-state index in [0.29, 0.717) is 0 Å². The molecule has 0 fully saturated rings. The van der Waals surface area contributed by atoms with Gasteiger partial charge >= 0.3 is 0 Å². The standard InChI is InChI=1S/C19H23NO3/c1-12-11-13(5-7-16(12)21-2)18-14-6-8-17(22-3)19(23-4)15(14)9-10-20-18/h5-8,11,18,20H,9-10H2,1-4H3. The Bertz CT molecular complexity index is 712. The third-order valence-electron chi connectivity index (χ3n) is 4.47. The van der Waals surface area contributed by atoms with Gasteiger partial charge in [0.15, 0.2) is 11.5 Å². The number of benzene rings is 2. The minimum atomic E-state index is 0.156. The van der Waals surface area contributed by atoms with Gasteiger partial charge in [-0.3, -0.25) is 0 Å². The predicted molar refractivity (Wildman–Crippen MR) is 90.8 cm³/mol. The van der Waals surface area contributed by atoms with Gasteiger partial charge < -0.3 is 19.5 Å². The van der Waals surface area contributed by atoms with E-state index in [9.17, 15) is 0 Å². The van der Waals surface area contributed by atoms with Crippen LogP contribution in [-0.2, 0) is 6.42 Å². The first kappa shape index (κ1) is 15.7. The molecule has 1 unspecified atom stereocenters. The average molecular weight is 313 g/mol. The summed E-state index contributed by atoms with van der Waals surface area (Å²) >= 11 is 0. The highest BCUT2D eigenvalue weighted by Crippen LogP contribution is 2.40. The summed E-state index contributed by atoms with van der Waals surface area (Å²) in [5.41, 5.74) is 4.85. The van der Waals surface area contributed by atoms with Crippen molar-refractivity contribution in [2.45, 2.75) is 19.4 Å². The molecule has 2 aromatic rings. The second kappa shape index (κ2) is 6.50. The van der Waals surface area contributed by atoms with Gasteiger partial charge in [0.05, 0.1) is 27.4 Å². The average Bonchev–Trinajstić information content (AvgIpc) is 2.59. The van der Waals surface area contributed by atoms with Crippen molar-refractivity contribution in [3.05, 3.63) is 52.6 Å². The molecule has 0 spiro atoms. The van der Waals surface area contributed by atoms with Gasteiger partial charge in [0.1, 0.15) is 5.75 Å². The number of fused-ring (bicyclic) bond motifs is 1. The highest BCUT2D eigenvalue weighted by molar-refractivity contribution is 5.55. The Morgan fingerprint density at radius 1 is 0.957 bits per heavy atom. The van der Waals surface area contributed by atoms with E-state index in [2.05, 4.69) is 30.4 Å². The van der Waals surface area contributed by atoms with E-state index in [1.165, 1.54) is 16.7 Å². The zero-order chi connectivity index (χ0) is 16.4. The third-order valence-corrected chi connectivity index (χ3v) is 4.47. The molecule has 0 aromatic heterocycles. The van der Waals surface area contributed by atoms with Crippen LogP contribution in [0, 0.1) is 6.92 Å². The van der Waals surface area contributed by atoms with Gasteiger partial charge in [-0.15, -0.1) is 0 Å². The molecule has 1 heterocycles. The fraction of sp³-hybridized carbons (Fsp3) is 0.368. The molecule has 3 rings (SSSR count). The smallest absolute Gasteiger partial charge is 0.164 e. The van der Waals surface area contributed by atoms with Crippen molar-refractivity contribution < 1.29 is 14.2 Å². The zero-order valence-corrected chi connectivity index (χ0v) is 14.1. The Labute approximate surface area is 137 Å². The van der Waals surface area contributed by atoms with Gasteiger partial charge in [-0.2, -0.15) is 0 Å². The van der Waals surface area contributed by atoms with Crippen LogP contribution in [0.2, 0.25) is 0 Å². The Hall–Kier alpha value is -2.20. The topological polar surface area (TPSA) is 39.7 Å². The van der Waals surface area contributed by atoms with E-state index in [1.807, 2.05) is 12.1 Å². The third kappa shape index (κ3) is 2.75. The summed E-state index contributed by atoms with van der Waals surface area (Å²) in [4.78, 5) is 0. The Balaban J connectivity index is 2.07. The first-order valence-corrected chi connectivity index (χ1v) is 7.81. The Morgan fingerprint density at radius 3 is 2.35 bits per heavy atom. The van der Waals surface area contributed by atoms with E-state index in [1.54, 1.807) is 21.3 Å². The van der Waals surface area contributed by atoms with Crippen LogP contribution >= 0.6 is 0 Å². The van der Waals surface area contributed by atoms with Crippen LogP contribution in [0.3, 0.4) is 0 Å². The Morgan fingerprint density at radius 2 is 1.70 bits per heavy atom. The lowest BCUT2D eigenvalue weighted by Crippen LogP contribution is -2.31. The van der Waals surface area contributed by atoms with Crippen molar-refractivity contribution in [2.75, 3.05) is 27.9 Å². The first-order chi connectivity index (χ1) is 11.2. The summed E-state index contributed by atoms with van der Waals surface area (Å²) in [6.07, 6.45) is 0.932. The number of ether oxygens (including phenoxy) is 3. The van der Waals surface area contributed by atoms with Crippen LogP contribution in [0.25, 0.3) is 0 Å². The van der Waals surface area contributed by atoms with Gasteiger partial charge in [0.25, 0.3) is 0 Å². The van der Waals surface area contributed by atoms with Gasteiger partial charge in [0.2, 0.25) is 0 Å². The molecule has 122 valence electrons. The van der Waals surface area contributed by atoms with Crippen molar-refractivity contribution >= 4 is 0 Å². The van der Waals surface area contributed by atoms with Crippen molar-refractivity contribution in [2.24, 2.45) is 0 Å². The lowest BCUT2D eigenvalue weighted by Gasteiger charge is -2.29. The van der Waals surface area contributed by atoms with E-state index in [0.717, 1.165) is 35.8 Å². The summed E-state index contributed by atoms with van der Waals surface area (Å²) in [5, 5.41) is 3.61. The maximum Gasteiger partial charge on any atom is 0.164 e. The quantitative estimate of drug-likeness (QED) is 0.940. The first-order valence-electron chi connectivity index (χ1n) is 7.81. The maximum absolute atomic E-state index is 5.61. The SMILES string of the molecule is COc1ccc(C2NCCc3c2ccc(OC)c3OC)cc1C. The normalized spacial score (nSPS) is 16.6. The molecule has 2 aromatic carbocycles. The van der Waals surface area contributed by atoms with Crippen LogP contribution in [0.15, 0.2) is 30.3 Å². The number of aryl methyl sites for hydroxylation is 1. The highest BCUT2D eigenvalue weighted by Gasteiger charge is 2.26. The van der Waals surface area contributed by atoms with E-state index < -0.39 is 0 Å². The highest BCUT2D eigenvalue weighted by atomic mass is 16.5. The summed E-state index contributed by atoms with van der Waals surface area (Å²) in [5.74, 6) is 2.55. The molecule has 0 bridgehead atoms. The van der Waals surface area contributed by atoms with Crippen molar-refractivity contribution in [3.63, 3.8) is 0 Å². The number of rotatable bonds is 4. The zero-order valence-electron chi connectivity index (χ0n) is 14.1. The van der Waals surface area contributed by atoms with Crippen molar-refractivity contribution in [1.82, 2.24) is 5.32 Å². The van der Waals surface area contributed by atoms with Crippen molar-refractivity contribution in [3.8, 4) is 17.2 Å². The predicted octanol–water partition coefficient (Wildman–Crippen LogP) is 3.26. The molecule has 1 aliphatic heterocycles. The van der Waals surface area contributed by atoms with Crippen molar-refractivity contribution in [1.29, 1.82) is 0 Å². The van der Waals surface area contributed by atoms with Gasteiger partial charge in [-0.05, 0) is 42.2 Å². The maximum atomic E-state index is 5.61. The largest absolute Gasteiger partial charge is 0.496 e. The molecule has 0 amide bonds. The van der Waals surface area contributed by atoms with E-state index in [-0.39, 0.29) is 6.04 Å². The molecule has 4 heteroatoms. The number of nitrogens with one attached hydrogen (secondary N) is 1. The van der Waals surface area contributed by atoms with E-state index in [4.69, 9.17) is 14.2 Å². The molecule has 1 atom stereocenters. The number of methoxy groups -OCH3 is 3. The molecule has 0 saturated heterocycles. The second-order valence-electron chi connectivity index (χ2n) is 5.74. The van der Waals surface area contributed by atoms with Crippen LogP contribution in [0.1, 0.15) is 28.3 Å². The number of hydrogen-bond donors (Lipinski definition) is 1. The van der Waals surface area contributed by atoms with Crippen LogP contribution in [0.5, 0.6) is 17.2 Å². The summed E-state index contributed by atoms with van der Waals surface area (Å²) in [7, 11) is 5.08. The van der Waals surface area contributed by atoms with E-state index >= 15 is 0 Å². The minimum Gasteiger partial charge on any atom is -0.496 e. The van der Waals surface area contributed by atoms with Crippen LogP contribution < -0.4 is 19.5 Å². The summed E-state index contributed by atoms with van der Waals surface area (Å²) in [6, 6.07) is 10.6. The molecular formula is C19H23NO3. The molecule has 1 N–H and O–H groups in total. The monoisotopic (exact) mass is 313 g/mol. The minimum absolute atomic E-state index is 0.156. The van der Waals surface area contributed by atoms with Crippen LogP contribution in [-0.4, -0.2) is 27.9 Å². The molecule has 0 radical (unpaired) electrons. The molecule has 0 aliphatic carbocycles. The summed E-state index contributed by atoms with van der Waals surface area (Å²) < 4.78 is 16.4. The fourth-order valence-electron chi connectivity index (χ4n) is 3.36. The molecular weight excluding hydrogens is 290 g/mol. The fourth-order valence-corrected chi connectivity index (χ4v) is 3.36. The van der Waals surface area contributed by atoms with Gasteiger partial charge in [-0.25, -0.2) is 0 Å². The molecule has 0 saturated carbocycles. The van der Waals surface area contributed by atoms with Crippen LogP contribution in [0.4, 0.5) is 0 Å². The molecule has 1 aliphatic rings. The molecule has 4 nitrogen and oxygen atoms in total. The molecule has 23 heavy (non-hydrogen) atoms. The van der Waals surface area contributed by atoms with Gasteiger partial charge in [0, 0.05) is 12.1 Å². The second-order valence-corrected chi connectivity index (χ2v) is 5.74. The summed E-state index contributed by atoms with van der Waals surface area (Å²) in [6.45, 7) is 2.98. The lowest BCUT2D eigenvalue weighted by atomic mass is 9.88. The van der Waals surface area contributed by atoms with Gasteiger partial charge in [-0.1, -0.05) is 18.2 Å². The number of hydrogen-bond acceptors (Lipinski definition) is 4. The Kier molecular flexibility index (Phi) is 4.44.